The number of anilines is 1. The van der Waals surface area contributed by atoms with Crippen LogP contribution in [-0.2, 0) is 9.59 Å². The maximum absolute atomic E-state index is 13.4. The van der Waals surface area contributed by atoms with Crippen molar-refractivity contribution in [2.75, 3.05) is 5.32 Å². The molecule has 6 rings (SSSR count). The van der Waals surface area contributed by atoms with Crippen LogP contribution in [-0.4, -0.2) is 27.6 Å². The summed E-state index contributed by atoms with van der Waals surface area (Å²) in [4.78, 5) is 25.5. The van der Waals surface area contributed by atoms with Gasteiger partial charge in [0, 0.05) is 18.5 Å². The fourth-order valence-corrected chi connectivity index (χ4v) is 6.60. The van der Waals surface area contributed by atoms with Crippen LogP contribution in [0.5, 0.6) is 0 Å². The molecule has 2 atom stereocenters. The van der Waals surface area contributed by atoms with Crippen molar-refractivity contribution in [3.05, 3.63) is 11.8 Å². The molecule has 2 heterocycles. The van der Waals surface area contributed by atoms with Gasteiger partial charge >= 0.3 is 0 Å². The Morgan fingerprint density at radius 3 is 2.50 bits per heavy atom. The Hall–Kier alpha value is -1.89. The first-order chi connectivity index (χ1) is 13.4. The van der Waals surface area contributed by atoms with Crippen LogP contribution in [0, 0.1) is 30.1 Å². The zero-order valence-corrected chi connectivity index (χ0v) is 16.8. The van der Waals surface area contributed by atoms with Gasteiger partial charge in [0.2, 0.25) is 11.8 Å². The van der Waals surface area contributed by atoms with Gasteiger partial charge < -0.3 is 10.6 Å². The van der Waals surface area contributed by atoms with Crippen LogP contribution >= 0.6 is 0 Å². The van der Waals surface area contributed by atoms with Gasteiger partial charge in [0.05, 0.1) is 11.1 Å². The second-order valence-electron chi connectivity index (χ2n) is 9.71. The number of hydrogen-bond acceptors (Lipinski definition) is 4. The molecule has 7 heteroatoms. The first kappa shape index (κ1) is 18.2. The maximum atomic E-state index is 13.4. The van der Waals surface area contributed by atoms with Crippen LogP contribution in [0.3, 0.4) is 0 Å². The molecule has 2 unspecified atom stereocenters. The Kier molecular flexibility index (Phi) is 4.27. The molecule has 2 amide bonds. The number of rotatable bonds is 4. The van der Waals surface area contributed by atoms with Crippen molar-refractivity contribution in [3.8, 4) is 0 Å². The van der Waals surface area contributed by atoms with Crippen molar-refractivity contribution < 1.29 is 9.59 Å². The third-order valence-corrected chi connectivity index (χ3v) is 7.48. The quantitative estimate of drug-likeness (QED) is 0.744. The van der Waals surface area contributed by atoms with Gasteiger partial charge in [0.25, 0.3) is 0 Å². The molecular formula is C21H31N5O2. The predicted octanol–water partition coefficient (Wildman–Crippen LogP) is 2.69. The Morgan fingerprint density at radius 1 is 1.25 bits per heavy atom. The SMILES string of the molecule is CCC1CC(=O)NC(n2nc(C)cc2NC(=O)C23CC4CC(CC(C4)C2)C3)N1. The summed E-state index contributed by atoms with van der Waals surface area (Å²) in [5.41, 5.74) is 0.628. The molecule has 7 nitrogen and oxygen atoms in total. The van der Waals surface area contributed by atoms with Crippen LogP contribution in [0.2, 0.25) is 0 Å². The van der Waals surface area contributed by atoms with Crippen LogP contribution in [0.25, 0.3) is 0 Å². The fraction of sp³-hybridized carbons (Fsp3) is 0.762. The standard InChI is InChI=1S/C21H31N5O2/c1-3-16-8-18(27)24-20(22-16)26-17(4-12(2)25-26)23-19(28)21-9-13-5-14(10-21)7-15(6-13)11-21/h4,13-16,20,22H,3,5-11H2,1-2H3,(H,23,28)(H,24,27). The van der Waals surface area contributed by atoms with Gasteiger partial charge in [0.15, 0.2) is 6.29 Å². The molecule has 4 saturated carbocycles. The van der Waals surface area contributed by atoms with E-state index in [0.717, 1.165) is 49.1 Å². The van der Waals surface area contributed by atoms with Gasteiger partial charge in [-0.15, -0.1) is 0 Å². The van der Waals surface area contributed by atoms with E-state index < -0.39 is 6.29 Å². The van der Waals surface area contributed by atoms with E-state index >= 15 is 0 Å². The number of carbonyl (C=O) groups is 2. The molecule has 0 radical (unpaired) electrons. The first-order valence-corrected chi connectivity index (χ1v) is 10.9. The highest BCUT2D eigenvalue weighted by Gasteiger charge is 2.54. The van der Waals surface area contributed by atoms with E-state index in [1.807, 2.05) is 13.0 Å². The molecule has 28 heavy (non-hydrogen) atoms. The average molecular weight is 386 g/mol. The molecule has 5 aliphatic rings. The van der Waals surface area contributed by atoms with E-state index in [1.165, 1.54) is 19.3 Å². The van der Waals surface area contributed by atoms with Crippen LogP contribution in [0.4, 0.5) is 5.82 Å². The van der Waals surface area contributed by atoms with Gasteiger partial charge in [-0.3, -0.25) is 14.9 Å². The van der Waals surface area contributed by atoms with Crippen LogP contribution < -0.4 is 16.0 Å². The zero-order chi connectivity index (χ0) is 19.5. The predicted molar refractivity (Wildman–Crippen MR) is 105 cm³/mol. The van der Waals surface area contributed by atoms with Crippen molar-refractivity contribution in [3.63, 3.8) is 0 Å². The lowest BCUT2D eigenvalue weighted by Crippen LogP contribution is -2.54. The molecule has 0 spiro atoms. The molecule has 3 N–H and O–H groups in total. The number of hydrogen-bond donors (Lipinski definition) is 3. The third-order valence-electron chi connectivity index (χ3n) is 7.48. The van der Waals surface area contributed by atoms with E-state index in [4.69, 9.17) is 0 Å². The molecular weight excluding hydrogens is 354 g/mol. The highest BCUT2D eigenvalue weighted by atomic mass is 16.2. The average Bonchev–Trinajstić information content (AvgIpc) is 3.00. The lowest BCUT2D eigenvalue weighted by molar-refractivity contribution is -0.140. The number of amides is 2. The van der Waals surface area contributed by atoms with Crippen molar-refractivity contribution in [2.45, 2.75) is 77.5 Å². The van der Waals surface area contributed by atoms with Gasteiger partial charge in [-0.2, -0.15) is 5.10 Å². The summed E-state index contributed by atoms with van der Waals surface area (Å²) >= 11 is 0. The highest BCUT2D eigenvalue weighted by molar-refractivity contribution is 5.95. The number of nitrogens with zero attached hydrogens (tertiary/aromatic N) is 2. The molecule has 1 aromatic rings. The number of nitrogens with one attached hydrogen (secondary N) is 3. The normalized spacial score (nSPS) is 39.1. The lowest BCUT2D eigenvalue weighted by atomic mass is 9.49. The van der Waals surface area contributed by atoms with Gasteiger partial charge in [0.1, 0.15) is 5.82 Å². The number of aryl methyl sites for hydroxylation is 1. The Labute approximate surface area is 166 Å². The maximum Gasteiger partial charge on any atom is 0.231 e. The monoisotopic (exact) mass is 385 g/mol. The molecule has 4 bridgehead atoms. The van der Waals surface area contributed by atoms with Crippen molar-refractivity contribution in [2.24, 2.45) is 23.2 Å². The van der Waals surface area contributed by atoms with E-state index in [0.29, 0.717) is 12.2 Å². The lowest BCUT2D eigenvalue weighted by Gasteiger charge is -2.55. The van der Waals surface area contributed by atoms with Crippen molar-refractivity contribution in [1.29, 1.82) is 0 Å². The summed E-state index contributed by atoms with van der Waals surface area (Å²) in [5.74, 6) is 3.03. The Morgan fingerprint density at radius 2 is 1.89 bits per heavy atom. The molecule has 4 aliphatic carbocycles. The minimum absolute atomic E-state index is 0.0158. The molecule has 152 valence electrons. The van der Waals surface area contributed by atoms with E-state index in [2.05, 4.69) is 28.0 Å². The second-order valence-corrected chi connectivity index (χ2v) is 9.71. The number of aromatic nitrogens is 2. The highest BCUT2D eigenvalue weighted by Crippen LogP contribution is 2.60. The first-order valence-electron chi connectivity index (χ1n) is 10.9. The minimum atomic E-state index is -0.424. The molecule has 5 fully saturated rings. The third kappa shape index (κ3) is 3.04. The Balaban J connectivity index is 1.37. The summed E-state index contributed by atoms with van der Waals surface area (Å²) in [6, 6.07) is 2.02. The summed E-state index contributed by atoms with van der Waals surface area (Å²) in [7, 11) is 0. The summed E-state index contributed by atoms with van der Waals surface area (Å²) in [5, 5.41) is 14.2. The summed E-state index contributed by atoms with van der Waals surface area (Å²) in [6.07, 6.45) is 7.99. The molecule has 0 aromatic carbocycles. The smallest absolute Gasteiger partial charge is 0.231 e. The molecule has 1 aliphatic heterocycles. The fourth-order valence-electron chi connectivity index (χ4n) is 6.60. The molecule has 1 saturated heterocycles. The van der Waals surface area contributed by atoms with Crippen LogP contribution in [0.1, 0.15) is 70.3 Å². The second kappa shape index (κ2) is 6.58. The van der Waals surface area contributed by atoms with E-state index in [9.17, 15) is 9.59 Å². The molecule has 1 aromatic heterocycles. The van der Waals surface area contributed by atoms with Gasteiger partial charge in [-0.25, -0.2) is 4.68 Å². The number of carbonyl (C=O) groups excluding carboxylic acids is 2. The van der Waals surface area contributed by atoms with Gasteiger partial charge in [-0.05, 0) is 69.6 Å². The van der Waals surface area contributed by atoms with Gasteiger partial charge in [-0.1, -0.05) is 6.92 Å². The minimum Gasteiger partial charge on any atom is -0.322 e. The summed E-state index contributed by atoms with van der Waals surface area (Å²) < 4.78 is 1.73. The van der Waals surface area contributed by atoms with Crippen LogP contribution in [0.15, 0.2) is 6.07 Å². The zero-order valence-electron chi connectivity index (χ0n) is 16.8. The summed E-state index contributed by atoms with van der Waals surface area (Å²) in [6.45, 7) is 3.98. The Bertz CT molecular complexity index is 765. The van der Waals surface area contributed by atoms with E-state index in [-0.39, 0.29) is 23.3 Å². The topological polar surface area (TPSA) is 88.1 Å². The van der Waals surface area contributed by atoms with E-state index in [1.54, 1.807) is 4.68 Å². The van der Waals surface area contributed by atoms with Crippen molar-refractivity contribution in [1.82, 2.24) is 20.4 Å². The largest absolute Gasteiger partial charge is 0.322 e. The van der Waals surface area contributed by atoms with Crippen molar-refractivity contribution >= 4 is 17.6 Å².